The molecule has 21 heavy (non-hydrogen) atoms. The molecule has 5 heteroatoms. The number of phenolic OH excluding ortho intramolecular Hbond substituents is 1. The average molecular weight is 293 g/mol. The molecule has 1 aliphatic carbocycles. The Kier molecular flexibility index (Phi) is 4.14. The van der Waals surface area contributed by atoms with Crippen molar-refractivity contribution in [3.8, 4) is 5.75 Å². The summed E-state index contributed by atoms with van der Waals surface area (Å²) in [6.07, 6.45) is 2.01. The van der Waals surface area contributed by atoms with Crippen molar-refractivity contribution in [1.82, 2.24) is 0 Å². The van der Waals surface area contributed by atoms with Crippen molar-refractivity contribution in [2.24, 2.45) is 5.41 Å². The zero-order valence-corrected chi connectivity index (χ0v) is 12.8. The lowest BCUT2D eigenvalue weighted by Gasteiger charge is -2.20. The van der Waals surface area contributed by atoms with Gasteiger partial charge in [-0.1, -0.05) is 0 Å². The number of aliphatic hydroxyl groups is 1. The minimum atomic E-state index is -0.557. The second-order valence-corrected chi connectivity index (χ2v) is 6.81. The lowest BCUT2D eigenvalue weighted by atomic mass is 9.96. The highest BCUT2D eigenvalue weighted by atomic mass is 16.6. The second-order valence-electron chi connectivity index (χ2n) is 6.81. The summed E-state index contributed by atoms with van der Waals surface area (Å²) in [5, 5.41) is 22.0. The van der Waals surface area contributed by atoms with Gasteiger partial charge in [0.1, 0.15) is 11.4 Å². The fourth-order valence-electron chi connectivity index (χ4n) is 2.20. The van der Waals surface area contributed by atoms with Gasteiger partial charge in [0.05, 0.1) is 0 Å². The molecule has 1 fully saturated rings. The number of ether oxygens (including phenoxy) is 1. The first kappa shape index (κ1) is 15.6. The number of carbonyl (C=O) groups excluding carboxylic acids is 1. The highest BCUT2D eigenvalue weighted by Gasteiger charge is 2.42. The van der Waals surface area contributed by atoms with Crippen LogP contribution < -0.4 is 5.32 Å². The third-order valence-corrected chi connectivity index (χ3v) is 3.58. The Labute approximate surface area is 124 Å². The van der Waals surface area contributed by atoms with Gasteiger partial charge in [0, 0.05) is 12.3 Å². The van der Waals surface area contributed by atoms with Crippen molar-refractivity contribution < 1.29 is 19.7 Å². The number of anilines is 1. The molecular weight excluding hydrogens is 270 g/mol. The van der Waals surface area contributed by atoms with E-state index in [1.165, 1.54) is 0 Å². The Morgan fingerprint density at radius 1 is 1.38 bits per heavy atom. The minimum absolute atomic E-state index is 0.0952. The number of carbonyl (C=O) groups is 1. The van der Waals surface area contributed by atoms with Gasteiger partial charge in [0.15, 0.2) is 0 Å². The molecule has 0 saturated heterocycles. The summed E-state index contributed by atoms with van der Waals surface area (Å²) in [5.41, 5.74) is 0.654. The first-order valence-electron chi connectivity index (χ1n) is 7.16. The summed E-state index contributed by atoms with van der Waals surface area (Å²) < 4.78 is 5.19. The van der Waals surface area contributed by atoms with Crippen LogP contribution in [0.5, 0.6) is 5.75 Å². The highest BCUT2D eigenvalue weighted by molar-refractivity contribution is 5.85. The van der Waals surface area contributed by atoms with Crippen molar-refractivity contribution in [1.29, 1.82) is 0 Å². The van der Waals surface area contributed by atoms with Gasteiger partial charge in [0.25, 0.3) is 0 Å². The molecule has 116 valence electrons. The highest BCUT2D eigenvalue weighted by Crippen LogP contribution is 2.49. The van der Waals surface area contributed by atoms with Crippen LogP contribution in [-0.4, -0.2) is 28.5 Å². The molecule has 1 aromatic carbocycles. The average Bonchev–Trinajstić information content (AvgIpc) is 3.11. The van der Waals surface area contributed by atoms with Crippen molar-refractivity contribution >= 4 is 11.8 Å². The van der Waals surface area contributed by atoms with E-state index in [-0.39, 0.29) is 17.8 Å². The molecule has 0 bridgehead atoms. The molecule has 2 rings (SSSR count). The van der Waals surface area contributed by atoms with Crippen molar-refractivity contribution in [3.63, 3.8) is 0 Å². The Morgan fingerprint density at radius 3 is 2.57 bits per heavy atom. The Morgan fingerprint density at radius 2 is 2.05 bits per heavy atom. The van der Waals surface area contributed by atoms with E-state index in [1.807, 2.05) is 0 Å². The van der Waals surface area contributed by atoms with Gasteiger partial charge in [-0.15, -0.1) is 0 Å². The monoisotopic (exact) mass is 293 g/mol. The summed E-state index contributed by atoms with van der Waals surface area (Å²) in [7, 11) is 0. The number of nitrogens with one attached hydrogen (secondary N) is 1. The molecule has 0 unspecified atom stereocenters. The van der Waals surface area contributed by atoms with E-state index in [0.717, 1.165) is 18.4 Å². The SMILES string of the molecule is CC(C)(C)OC(=O)Nc1ccc(O)c(CC2(CO)CC2)c1. The van der Waals surface area contributed by atoms with E-state index < -0.39 is 11.7 Å². The van der Waals surface area contributed by atoms with Gasteiger partial charge in [-0.3, -0.25) is 5.32 Å². The van der Waals surface area contributed by atoms with Crippen molar-refractivity contribution in [2.75, 3.05) is 11.9 Å². The quantitative estimate of drug-likeness (QED) is 0.745. The topological polar surface area (TPSA) is 78.8 Å². The first-order valence-corrected chi connectivity index (χ1v) is 7.16. The molecule has 0 spiro atoms. The summed E-state index contributed by atoms with van der Waals surface area (Å²) in [6.45, 7) is 5.52. The van der Waals surface area contributed by atoms with Crippen LogP contribution in [0.1, 0.15) is 39.2 Å². The van der Waals surface area contributed by atoms with Gasteiger partial charge in [-0.25, -0.2) is 4.79 Å². The molecule has 0 atom stereocenters. The Hall–Kier alpha value is -1.75. The maximum absolute atomic E-state index is 11.7. The number of benzene rings is 1. The number of hydrogen-bond donors (Lipinski definition) is 3. The van der Waals surface area contributed by atoms with Crippen LogP contribution >= 0.6 is 0 Å². The van der Waals surface area contributed by atoms with Crippen LogP contribution in [-0.2, 0) is 11.2 Å². The van der Waals surface area contributed by atoms with Crippen LogP contribution in [0.25, 0.3) is 0 Å². The number of amides is 1. The summed E-state index contributed by atoms with van der Waals surface area (Å²) in [5.74, 6) is 0.185. The number of rotatable bonds is 4. The number of aliphatic hydroxyl groups excluding tert-OH is 1. The predicted molar refractivity (Wildman–Crippen MR) is 80.4 cm³/mol. The molecule has 1 saturated carbocycles. The van der Waals surface area contributed by atoms with Crippen LogP contribution in [0, 0.1) is 5.41 Å². The summed E-state index contributed by atoms with van der Waals surface area (Å²) in [4.78, 5) is 11.7. The maximum Gasteiger partial charge on any atom is 0.412 e. The third-order valence-electron chi connectivity index (χ3n) is 3.58. The lowest BCUT2D eigenvalue weighted by Crippen LogP contribution is -2.27. The normalized spacial score (nSPS) is 16.4. The van der Waals surface area contributed by atoms with Crippen LogP contribution in [0.2, 0.25) is 0 Å². The Balaban J connectivity index is 2.06. The summed E-state index contributed by atoms with van der Waals surface area (Å²) in [6, 6.07) is 4.91. The predicted octanol–water partition coefficient (Wildman–Crippen LogP) is 3.05. The van der Waals surface area contributed by atoms with Crippen molar-refractivity contribution in [3.05, 3.63) is 23.8 Å². The van der Waals surface area contributed by atoms with Crippen LogP contribution in [0.15, 0.2) is 18.2 Å². The molecule has 1 amide bonds. The van der Waals surface area contributed by atoms with E-state index in [1.54, 1.807) is 39.0 Å². The first-order chi connectivity index (χ1) is 9.73. The maximum atomic E-state index is 11.7. The van der Waals surface area contributed by atoms with E-state index in [0.29, 0.717) is 12.1 Å². The van der Waals surface area contributed by atoms with Crippen LogP contribution in [0.4, 0.5) is 10.5 Å². The fraction of sp³-hybridized carbons (Fsp3) is 0.562. The minimum Gasteiger partial charge on any atom is -0.508 e. The van der Waals surface area contributed by atoms with E-state index >= 15 is 0 Å². The van der Waals surface area contributed by atoms with Crippen molar-refractivity contribution in [2.45, 2.75) is 45.6 Å². The molecular formula is C16H23NO4. The zero-order chi connectivity index (χ0) is 15.7. The van der Waals surface area contributed by atoms with E-state index in [4.69, 9.17) is 4.74 Å². The standard InChI is InChI=1S/C16H23NO4/c1-15(2,3)21-14(20)17-12-4-5-13(19)11(8-12)9-16(10-18)6-7-16/h4-5,8,18-19H,6-7,9-10H2,1-3H3,(H,17,20). The van der Waals surface area contributed by atoms with Gasteiger partial charge < -0.3 is 14.9 Å². The van der Waals surface area contributed by atoms with Crippen LogP contribution in [0.3, 0.4) is 0 Å². The number of hydrogen-bond acceptors (Lipinski definition) is 4. The number of aromatic hydroxyl groups is 1. The van der Waals surface area contributed by atoms with Gasteiger partial charge in [-0.05, 0) is 69.2 Å². The molecule has 0 aromatic heterocycles. The fourth-order valence-corrected chi connectivity index (χ4v) is 2.20. The Bertz CT molecular complexity index is 530. The summed E-state index contributed by atoms with van der Waals surface area (Å²) >= 11 is 0. The molecule has 1 aliphatic rings. The molecule has 0 heterocycles. The van der Waals surface area contributed by atoms with Gasteiger partial charge in [0.2, 0.25) is 0 Å². The molecule has 3 N–H and O–H groups in total. The largest absolute Gasteiger partial charge is 0.508 e. The number of phenols is 1. The third kappa shape index (κ3) is 4.36. The zero-order valence-electron chi connectivity index (χ0n) is 12.8. The smallest absolute Gasteiger partial charge is 0.412 e. The molecule has 5 nitrogen and oxygen atoms in total. The van der Waals surface area contributed by atoms with Gasteiger partial charge in [-0.2, -0.15) is 0 Å². The second kappa shape index (κ2) is 5.56. The van der Waals surface area contributed by atoms with Gasteiger partial charge >= 0.3 is 6.09 Å². The molecule has 0 aliphatic heterocycles. The van der Waals surface area contributed by atoms with E-state index in [9.17, 15) is 15.0 Å². The molecule has 0 radical (unpaired) electrons. The van der Waals surface area contributed by atoms with E-state index in [2.05, 4.69) is 5.32 Å². The lowest BCUT2D eigenvalue weighted by molar-refractivity contribution is 0.0636. The molecule has 1 aromatic rings.